The molecule has 0 saturated heterocycles. The third-order valence-corrected chi connectivity index (χ3v) is 1.36. The van der Waals surface area contributed by atoms with Gasteiger partial charge in [-0.2, -0.15) is 0 Å². The van der Waals surface area contributed by atoms with Gasteiger partial charge in [0.25, 0.3) is 0 Å². The minimum atomic E-state index is -0.625. The van der Waals surface area contributed by atoms with Gasteiger partial charge in [0.1, 0.15) is 11.5 Å². The highest BCUT2D eigenvalue weighted by Crippen LogP contribution is 2.17. The lowest BCUT2D eigenvalue weighted by Gasteiger charge is -2.01. The quantitative estimate of drug-likeness (QED) is 0.606. The first kappa shape index (κ1) is 12.8. The molecule has 3 nitrogen and oxygen atoms in total. The van der Waals surface area contributed by atoms with Gasteiger partial charge in [0.15, 0.2) is 0 Å². The van der Waals surface area contributed by atoms with Crippen molar-refractivity contribution < 1.29 is 14.3 Å². The second kappa shape index (κ2) is 7.26. The van der Waals surface area contributed by atoms with E-state index in [0.717, 1.165) is 0 Å². The Labute approximate surface area is 89.4 Å². The average molecular weight is 214 g/mol. The second-order valence-corrected chi connectivity index (χ2v) is 2.41. The largest absolute Gasteiger partial charge is 0.497 e. The molecule has 0 aromatic heterocycles. The van der Waals surface area contributed by atoms with Crippen LogP contribution < -0.4 is 9.47 Å². The summed E-state index contributed by atoms with van der Waals surface area (Å²) in [4.78, 5) is 10.4. The van der Waals surface area contributed by atoms with Crippen molar-refractivity contribution >= 4 is 17.9 Å². The molecule has 1 rings (SSSR count). The van der Waals surface area contributed by atoms with Crippen LogP contribution in [0.5, 0.6) is 11.5 Å². The zero-order valence-corrected chi connectivity index (χ0v) is 9.38. The van der Waals surface area contributed by atoms with E-state index in [9.17, 15) is 4.79 Å². The maximum Gasteiger partial charge on any atom is 0.369 e. The predicted octanol–water partition coefficient (Wildman–Crippen LogP) is 3.15. The summed E-state index contributed by atoms with van der Waals surface area (Å²) in [7, 11) is 1.57. The Balaban J connectivity index is 0.000000791. The van der Waals surface area contributed by atoms with E-state index in [1.54, 1.807) is 31.4 Å². The average Bonchev–Trinajstić information content (AvgIpc) is 2.21. The summed E-state index contributed by atoms with van der Waals surface area (Å²) < 4.78 is 9.60. The molecule has 78 valence electrons. The van der Waals surface area contributed by atoms with Crippen LogP contribution in [0.1, 0.15) is 13.8 Å². The van der Waals surface area contributed by atoms with Gasteiger partial charge in [0.2, 0.25) is 0 Å². The highest BCUT2D eigenvalue weighted by atomic mass is 32.1. The number of methoxy groups -OCH3 is 1. The van der Waals surface area contributed by atoms with E-state index in [0.29, 0.717) is 11.5 Å². The molecule has 0 N–H and O–H groups in total. The Morgan fingerprint density at radius 3 is 1.93 bits per heavy atom. The third-order valence-electron chi connectivity index (χ3n) is 1.26. The van der Waals surface area contributed by atoms with Crippen molar-refractivity contribution in [1.82, 2.24) is 0 Å². The highest BCUT2D eigenvalue weighted by Gasteiger charge is 1.97. The van der Waals surface area contributed by atoms with Crippen molar-refractivity contribution in [3.63, 3.8) is 0 Å². The lowest BCUT2D eigenvalue weighted by atomic mass is 10.3. The summed E-state index contributed by atoms with van der Waals surface area (Å²) in [5, 5.41) is -0.625. The molecule has 14 heavy (non-hydrogen) atoms. The van der Waals surface area contributed by atoms with Crippen LogP contribution in [0, 0.1) is 0 Å². The number of carbonyl (C=O) groups is 1. The van der Waals surface area contributed by atoms with Crippen LogP contribution in [0.25, 0.3) is 0 Å². The summed E-state index contributed by atoms with van der Waals surface area (Å²) in [5.74, 6) is 1.17. The van der Waals surface area contributed by atoms with E-state index < -0.39 is 5.30 Å². The summed E-state index contributed by atoms with van der Waals surface area (Å²) in [5.41, 5.74) is 0. The first-order valence-electron chi connectivity index (χ1n) is 4.27. The Hall–Kier alpha value is -1.16. The molecule has 0 spiro atoms. The molecule has 0 aliphatic carbocycles. The van der Waals surface area contributed by atoms with Gasteiger partial charge in [-0.05, 0) is 24.3 Å². The Morgan fingerprint density at radius 1 is 1.14 bits per heavy atom. The fourth-order valence-corrected chi connectivity index (χ4v) is 0.850. The van der Waals surface area contributed by atoms with Gasteiger partial charge in [-0.25, -0.2) is 4.79 Å². The van der Waals surface area contributed by atoms with Crippen LogP contribution in [0.2, 0.25) is 0 Å². The molecule has 1 aromatic rings. The standard InChI is InChI=1S/C8H8O3S.C2H6/c1-10-6-2-4-7(5-3-6)11-8(9)12;1-2/h2-5H,1H3,(H,9,12);1-2H3. The zero-order valence-electron chi connectivity index (χ0n) is 8.48. The molecular weight excluding hydrogens is 200 g/mol. The van der Waals surface area contributed by atoms with Gasteiger partial charge in [0, 0.05) is 0 Å². The fraction of sp³-hybridized carbons (Fsp3) is 0.300. The Morgan fingerprint density at radius 2 is 1.57 bits per heavy atom. The van der Waals surface area contributed by atoms with Crippen LogP contribution >= 0.6 is 12.6 Å². The molecule has 0 heterocycles. The van der Waals surface area contributed by atoms with Gasteiger partial charge in [-0.3, -0.25) is 0 Å². The van der Waals surface area contributed by atoms with Crippen molar-refractivity contribution in [3.8, 4) is 11.5 Å². The van der Waals surface area contributed by atoms with E-state index in [1.165, 1.54) is 0 Å². The van der Waals surface area contributed by atoms with Crippen LogP contribution in [-0.4, -0.2) is 12.4 Å². The number of hydrogen-bond acceptors (Lipinski definition) is 3. The Bertz CT molecular complexity index is 269. The number of carbonyl (C=O) groups excluding carboxylic acids is 1. The molecular formula is C10H14O3S. The van der Waals surface area contributed by atoms with Crippen molar-refractivity contribution in [1.29, 1.82) is 0 Å². The minimum Gasteiger partial charge on any atom is -0.497 e. The van der Waals surface area contributed by atoms with Gasteiger partial charge >= 0.3 is 5.30 Å². The van der Waals surface area contributed by atoms with Crippen molar-refractivity contribution in [2.45, 2.75) is 13.8 Å². The highest BCUT2D eigenvalue weighted by molar-refractivity contribution is 7.96. The van der Waals surface area contributed by atoms with Crippen molar-refractivity contribution in [3.05, 3.63) is 24.3 Å². The first-order chi connectivity index (χ1) is 6.72. The van der Waals surface area contributed by atoms with E-state index in [2.05, 4.69) is 17.4 Å². The molecule has 0 saturated carbocycles. The number of ether oxygens (including phenoxy) is 2. The SMILES string of the molecule is CC.COc1ccc(OC(=O)S)cc1. The van der Waals surface area contributed by atoms with Crippen molar-refractivity contribution in [2.75, 3.05) is 7.11 Å². The molecule has 0 atom stereocenters. The second-order valence-electron chi connectivity index (χ2n) is 2.04. The number of hydrogen-bond donors (Lipinski definition) is 1. The normalized spacial score (nSPS) is 8.29. The monoisotopic (exact) mass is 214 g/mol. The van der Waals surface area contributed by atoms with E-state index in [1.807, 2.05) is 13.8 Å². The summed E-state index contributed by atoms with van der Waals surface area (Å²) in [6.45, 7) is 4.00. The predicted molar refractivity (Wildman–Crippen MR) is 59.4 cm³/mol. The summed E-state index contributed by atoms with van der Waals surface area (Å²) in [6, 6.07) is 6.66. The van der Waals surface area contributed by atoms with Gasteiger partial charge in [0.05, 0.1) is 7.11 Å². The van der Waals surface area contributed by atoms with Gasteiger partial charge < -0.3 is 9.47 Å². The molecule has 0 radical (unpaired) electrons. The summed E-state index contributed by atoms with van der Waals surface area (Å²) in [6.07, 6.45) is 0. The van der Waals surface area contributed by atoms with E-state index in [-0.39, 0.29) is 0 Å². The van der Waals surface area contributed by atoms with E-state index >= 15 is 0 Å². The smallest absolute Gasteiger partial charge is 0.369 e. The first-order valence-corrected chi connectivity index (χ1v) is 4.72. The molecule has 0 aliphatic heterocycles. The van der Waals surface area contributed by atoms with Gasteiger partial charge in [-0.1, -0.05) is 26.5 Å². The lowest BCUT2D eigenvalue weighted by molar-refractivity contribution is 0.227. The van der Waals surface area contributed by atoms with Crippen LogP contribution in [0.15, 0.2) is 24.3 Å². The molecule has 0 bridgehead atoms. The lowest BCUT2D eigenvalue weighted by Crippen LogP contribution is -1.95. The molecule has 0 aliphatic rings. The number of rotatable bonds is 2. The van der Waals surface area contributed by atoms with Crippen LogP contribution in [0.4, 0.5) is 4.79 Å². The fourth-order valence-electron chi connectivity index (χ4n) is 0.745. The molecule has 4 heteroatoms. The minimum absolute atomic E-state index is 0.454. The maximum atomic E-state index is 10.4. The van der Waals surface area contributed by atoms with Gasteiger partial charge in [-0.15, -0.1) is 0 Å². The number of thiol groups is 1. The van der Waals surface area contributed by atoms with Crippen LogP contribution in [-0.2, 0) is 0 Å². The Kier molecular flexibility index (Phi) is 6.66. The maximum absolute atomic E-state index is 10.4. The molecule has 0 unspecified atom stereocenters. The molecule has 0 fully saturated rings. The molecule has 1 aromatic carbocycles. The number of benzene rings is 1. The third kappa shape index (κ3) is 4.77. The van der Waals surface area contributed by atoms with Crippen LogP contribution in [0.3, 0.4) is 0 Å². The molecule has 0 amide bonds. The summed E-state index contributed by atoms with van der Waals surface area (Å²) >= 11 is 3.47. The topological polar surface area (TPSA) is 35.5 Å². The van der Waals surface area contributed by atoms with Crippen molar-refractivity contribution in [2.24, 2.45) is 0 Å². The zero-order chi connectivity index (χ0) is 11.0. The van der Waals surface area contributed by atoms with E-state index in [4.69, 9.17) is 4.74 Å².